The van der Waals surface area contributed by atoms with E-state index in [1.54, 1.807) is 42.2 Å². The number of halogens is 1. The number of carboxylic acid groups (broad SMARTS) is 1. The predicted molar refractivity (Wildman–Crippen MR) is 82.0 cm³/mol. The average molecular weight is 350 g/mol. The Hall–Kier alpha value is -2.41. The van der Waals surface area contributed by atoms with E-state index in [4.69, 9.17) is 5.11 Å². The molecule has 1 aromatic carbocycles. The van der Waals surface area contributed by atoms with Gasteiger partial charge in [-0.2, -0.15) is 5.10 Å². The number of aromatic nitrogens is 2. The van der Waals surface area contributed by atoms with E-state index in [-0.39, 0.29) is 11.3 Å². The van der Waals surface area contributed by atoms with Crippen molar-refractivity contribution in [2.24, 2.45) is 7.05 Å². The molecular weight excluding hydrogens is 338 g/mol. The molecule has 2 rings (SSSR count). The number of carbonyl (C=O) groups is 2. The van der Waals surface area contributed by atoms with Crippen LogP contribution in [0.25, 0.3) is 6.08 Å². The number of carbonyl (C=O) groups excluding carboxylic acids is 1. The molecule has 2 N–H and O–H groups in total. The number of hydrogen-bond donors (Lipinski definition) is 2. The first-order valence-electron chi connectivity index (χ1n) is 5.97. The summed E-state index contributed by atoms with van der Waals surface area (Å²) in [5.41, 5.74) is 1.02. The lowest BCUT2D eigenvalue weighted by Gasteiger charge is -2.07. The lowest BCUT2D eigenvalue weighted by molar-refractivity contribution is -0.111. The van der Waals surface area contributed by atoms with E-state index in [1.165, 1.54) is 12.1 Å². The maximum atomic E-state index is 11.9. The van der Waals surface area contributed by atoms with Gasteiger partial charge in [-0.1, -0.05) is 15.9 Å². The van der Waals surface area contributed by atoms with Gasteiger partial charge < -0.3 is 10.4 Å². The second-order valence-electron chi connectivity index (χ2n) is 4.20. The molecule has 0 atom stereocenters. The number of rotatable bonds is 4. The van der Waals surface area contributed by atoms with Crippen LogP contribution in [0.4, 0.5) is 5.69 Å². The van der Waals surface area contributed by atoms with Gasteiger partial charge in [0.15, 0.2) is 0 Å². The third-order valence-electron chi connectivity index (χ3n) is 2.73. The third kappa shape index (κ3) is 3.79. The summed E-state index contributed by atoms with van der Waals surface area (Å²) in [5, 5.41) is 15.6. The van der Waals surface area contributed by atoms with E-state index in [0.29, 0.717) is 4.47 Å². The minimum absolute atomic E-state index is 0.0282. The van der Waals surface area contributed by atoms with Crippen LogP contribution in [0.15, 0.2) is 41.0 Å². The Morgan fingerprint density at radius 2 is 2.14 bits per heavy atom. The van der Waals surface area contributed by atoms with Gasteiger partial charge in [-0.3, -0.25) is 9.48 Å². The summed E-state index contributed by atoms with van der Waals surface area (Å²) in [5.74, 6) is -1.52. The second kappa shape index (κ2) is 6.36. The van der Waals surface area contributed by atoms with Crippen molar-refractivity contribution in [2.75, 3.05) is 5.32 Å². The van der Waals surface area contributed by atoms with E-state index in [0.717, 1.165) is 5.69 Å². The number of carboxylic acids is 1. The molecule has 0 saturated heterocycles. The van der Waals surface area contributed by atoms with Crippen molar-refractivity contribution in [1.29, 1.82) is 0 Å². The zero-order chi connectivity index (χ0) is 15.4. The molecule has 0 aliphatic rings. The van der Waals surface area contributed by atoms with Gasteiger partial charge in [0, 0.05) is 23.8 Å². The predicted octanol–water partition coefficient (Wildman–Crippen LogP) is 2.53. The van der Waals surface area contributed by atoms with Crippen LogP contribution in [0, 0.1) is 0 Å². The summed E-state index contributed by atoms with van der Waals surface area (Å²) >= 11 is 3.24. The van der Waals surface area contributed by atoms with Crippen LogP contribution in [0.2, 0.25) is 0 Å². The third-order valence-corrected chi connectivity index (χ3v) is 3.23. The van der Waals surface area contributed by atoms with Gasteiger partial charge >= 0.3 is 5.97 Å². The van der Waals surface area contributed by atoms with Crippen LogP contribution < -0.4 is 5.32 Å². The van der Waals surface area contributed by atoms with Gasteiger partial charge in [-0.25, -0.2) is 4.79 Å². The largest absolute Gasteiger partial charge is 0.478 e. The van der Waals surface area contributed by atoms with Gasteiger partial charge in [-0.15, -0.1) is 0 Å². The second-order valence-corrected chi connectivity index (χ2v) is 5.11. The average Bonchev–Trinajstić information content (AvgIpc) is 2.81. The number of benzene rings is 1. The van der Waals surface area contributed by atoms with E-state index in [9.17, 15) is 9.59 Å². The van der Waals surface area contributed by atoms with Crippen molar-refractivity contribution < 1.29 is 14.7 Å². The van der Waals surface area contributed by atoms with Crippen LogP contribution in [0.5, 0.6) is 0 Å². The van der Waals surface area contributed by atoms with Crippen molar-refractivity contribution in [2.45, 2.75) is 0 Å². The maximum Gasteiger partial charge on any atom is 0.337 e. The van der Waals surface area contributed by atoms with Crippen LogP contribution in [0.3, 0.4) is 0 Å². The van der Waals surface area contributed by atoms with Crippen molar-refractivity contribution in [3.05, 3.63) is 52.3 Å². The fourth-order valence-corrected chi connectivity index (χ4v) is 2.05. The summed E-state index contributed by atoms with van der Waals surface area (Å²) in [4.78, 5) is 23.0. The molecule has 0 saturated carbocycles. The molecule has 0 unspecified atom stereocenters. The first kappa shape index (κ1) is 15.0. The van der Waals surface area contributed by atoms with E-state index >= 15 is 0 Å². The number of hydrogen-bond acceptors (Lipinski definition) is 3. The van der Waals surface area contributed by atoms with Crippen molar-refractivity contribution in [3.8, 4) is 0 Å². The zero-order valence-corrected chi connectivity index (χ0v) is 12.7. The Morgan fingerprint density at radius 1 is 1.38 bits per heavy atom. The molecule has 0 radical (unpaired) electrons. The number of nitrogens with one attached hydrogen (secondary N) is 1. The molecule has 7 heteroatoms. The molecule has 1 heterocycles. The fraction of sp³-hybridized carbons (Fsp3) is 0.0714. The van der Waals surface area contributed by atoms with Crippen molar-refractivity contribution >= 4 is 39.6 Å². The maximum absolute atomic E-state index is 11.9. The molecule has 1 amide bonds. The Kier molecular flexibility index (Phi) is 4.54. The zero-order valence-electron chi connectivity index (χ0n) is 11.1. The SMILES string of the molecule is Cn1nccc1/C=C/C(=O)Nc1cc(Br)ccc1C(=O)O. The molecule has 0 fully saturated rings. The number of aryl methyl sites for hydroxylation is 1. The summed E-state index contributed by atoms with van der Waals surface area (Å²) in [6.07, 6.45) is 4.54. The Labute approximate surface area is 129 Å². The van der Waals surface area contributed by atoms with Crippen LogP contribution in [-0.2, 0) is 11.8 Å². The van der Waals surface area contributed by atoms with Crippen molar-refractivity contribution in [3.63, 3.8) is 0 Å². The molecule has 0 aliphatic carbocycles. The van der Waals surface area contributed by atoms with Gasteiger partial charge in [0.05, 0.1) is 16.9 Å². The van der Waals surface area contributed by atoms with Gasteiger partial charge in [-0.05, 0) is 30.3 Å². The summed E-state index contributed by atoms with van der Waals surface area (Å²) in [6.45, 7) is 0. The van der Waals surface area contributed by atoms with Gasteiger partial charge in [0.25, 0.3) is 0 Å². The number of amides is 1. The molecule has 2 aromatic rings. The van der Waals surface area contributed by atoms with Crippen LogP contribution in [0.1, 0.15) is 16.1 Å². The topological polar surface area (TPSA) is 84.2 Å². The first-order valence-corrected chi connectivity index (χ1v) is 6.76. The lowest BCUT2D eigenvalue weighted by atomic mass is 10.2. The highest BCUT2D eigenvalue weighted by Crippen LogP contribution is 2.21. The molecule has 0 spiro atoms. The lowest BCUT2D eigenvalue weighted by Crippen LogP contribution is -2.12. The number of anilines is 1. The van der Waals surface area contributed by atoms with Crippen molar-refractivity contribution in [1.82, 2.24) is 9.78 Å². The summed E-state index contributed by atoms with van der Waals surface area (Å²) in [6, 6.07) is 6.32. The van der Waals surface area contributed by atoms with Crippen LogP contribution in [-0.4, -0.2) is 26.8 Å². The Morgan fingerprint density at radius 3 is 2.76 bits per heavy atom. The number of nitrogens with zero attached hydrogens (tertiary/aromatic N) is 2. The monoisotopic (exact) mass is 349 g/mol. The smallest absolute Gasteiger partial charge is 0.337 e. The highest BCUT2D eigenvalue weighted by atomic mass is 79.9. The fourth-order valence-electron chi connectivity index (χ4n) is 1.69. The molecule has 1 aromatic heterocycles. The van der Waals surface area contributed by atoms with E-state index in [1.807, 2.05) is 0 Å². The molecule has 0 bridgehead atoms. The van der Waals surface area contributed by atoms with Gasteiger partial charge in [0.1, 0.15) is 0 Å². The molecule has 21 heavy (non-hydrogen) atoms. The quantitative estimate of drug-likeness (QED) is 0.830. The minimum atomic E-state index is -1.10. The molecule has 6 nitrogen and oxygen atoms in total. The number of aromatic carboxylic acids is 1. The molecular formula is C14H12BrN3O3. The highest BCUT2D eigenvalue weighted by molar-refractivity contribution is 9.10. The Balaban J connectivity index is 2.16. The first-order chi connectivity index (χ1) is 9.97. The summed E-state index contributed by atoms with van der Waals surface area (Å²) < 4.78 is 2.30. The van der Waals surface area contributed by atoms with E-state index < -0.39 is 11.9 Å². The highest BCUT2D eigenvalue weighted by Gasteiger charge is 2.11. The normalized spacial score (nSPS) is 10.8. The van der Waals surface area contributed by atoms with Gasteiger partial charge in [0.2, 0.25) is 5.91 Å². The molecule has 108 valence electrons. The Bertz CT molecular complexity index is 722. The minimum Gasteiger partial charge on any atom is -0.478 e. The van der Waals surface area contributed by atoms with E-state index in [2.05, 4.69) is 26.3 Å². The van der Waals surface area contributed by atoms with Crippen LogP contribution >= 0.6 is 15.9 Å². The standard InChI is InChI=1S/C14H12BrN3O3/c1-18-10(6-7-16-18)3-5-13(19)17-12-8-9(15)2-4-11(12)14(20)21/h2-8H,1H3,(H,17,19)(H,20,21)/b5-3+. The summed E-state index contributed by atoms with van der Waals surface area (Å²) in [7, 11) is 1.76. The molecule has 0 aliphatic heterocycles.